The molecule has 1 aliphatic rings. The fraction of sp³-hybridized carbons (Fsp3) is 0.368. The van der Waals surface area contributed by atoms with Crippen molar-refractivity contribution in [2.24, 2.45) is 13.0 Å². The number of aliphatic hydroxyl groups excluding tert-OH is 1. The minimum atomic E-state index is -0.552. The van der Waals surface area contributed by atoms with E-state index in [1.807, 2.05) is 54.9 Å². The first-order valence-electron chi connectivity index (χ1n) is 8.47. The molecule has 2 aromatic heterocycles. The van der Waals surface area contributed by atoms with Crippen LogP contribution in [0.2, 0.25) is 0 Å². The highest BCUT2D eigenvalue weighted by Crippen LogP contribution is 2.25. The molecule has 1 amide bonds. The zero-order valence-corrected chi connectivity index (χ0v) is 14.3. The van der Waals surface area contributed by atoms with Crippen molar-refractivity contribution in [1.29, 1.82) is 0 Å². The Balaban J connectivity index is 1.53. The van der Waals surface area contributed by atoms with Gasteiger partial charge in [0.2, 0.25) is 0 Å². The number of aryl methyl sites for hydroxylation is 2. The van der Waals surface area contributed by atoms with E-state index in [0.29, 0.717) is 25.2 Å². The Morgan fingerprint density at radius 3 is 2.84 bits per heavy atom. The molecule has 0 aliphatic carbocycles. The van der Waals surface area contributed by atoms with Crippen LogP contribution in [0.15, 0.2) is 40.9 Å². The summed E-state index contributed by atoms with van der Waals surface area (Å²) in [5.74, 6) is 0.667. The molecule has 1 aliphatic heterocycles. The summed E-state index contributed by atoms with van der Waals surface area (Å²) < 4.78 is 7.16. The first-order valence-corrected chi connectivity index (χ1v) is 8.47. The number of aromatic nitrogens is 2. The van der Waals surface area contributed by atoms with Gasteiger partial charge in [-0.25, -0.2) is 0 Å². The van der Waals surface area contributed by atoms with E-state index >= 15 is 0 Å². The van der Waals surface area contributed by atoms with Crippen molar-refractivity contribution in [3.05, 3.63) is 53.5 Å². The van der Waals surface area contributed by atoms with Crippen molar-refractivity contribution < 1.29 is 14.4 Å². The van der Waals surface area contributed by atoms with E-state index in [-0.39, 0.29) is 11.8 Å². The Bertz CT molecular complexity index is 927. The minimum Gasteiger partial charge on any atom is -0.391 e. The summed E-state index contributed by atoms with van der Waals surface area (Å²) in [6.07, 6.45) is 0.0324. The summed E-state index contributed by atoms with van der Waals surface area (Å²) in [6.45, 7) is 2.73. The van der Waals surface area contributed by atoms with Gasteiger partial charge < -0.3 is 19.1 Å². The second-order valence-corrected chi connectivity index (χ2v) is 6.82. The minimum absolute atomic E-state index is 0.0361. The lowest BCUT2D eigenvalue weighted by Gasteiger charge is -2.16. The molecule has 1 saturated heterocycles. The Morgan fingerprint density at radius 2 is 2.12 bits per heavy atom. The number of hydrogen-bond acceptors (Lipinski definition) is 4. The van der Waals surface area contributed by atoms with E-state index in [1.54, 1.807) is 4.90 Å². The number of β-amino-alcohol motifs (C(OH)–C–C–N with tert-alkyl or cyclic N) is 1. The summed E-state index contributed by atoms with van der Waals surface area (Å²) in [7, 11) is 1.90. The number of hydrogen-bond donors (Lipinski definition) is 1. The smallest absolute Gasteiger partial charge is 0.270 e. The second-order valence-electron chi connectivity index (χ2n) is 6.82. The Kier molecular flexibility index (Phi) is 3.84. The lowest BCUT2D eigenvalue weighted by molar-refractivity contribution is 0.0756. The molecule has 6 nitrogen and oxygen atoms in total. The van der Waals surface area contributed by atoms with Gasteiger partial charge in [0.15, 0.2) is 0 Å². The predicted molar refractivity (Wildman–Crippen MR) is 93.3 cm³/mol. The van der Waals surface area contributed by atoms with Gasteiger partial charge in [0.1, 0.15) is 11.5 Å². The van der Waals surface area contributed by atoms with Crippen LogP contribution in [0.5, 0.6) is 0 Å². The molecule has 1 aromatic carbocycles. The van der Waals surface area contributed by atoms with Crippen molar-refractivity contribution >= 4 is 16.8 Å². The van der Waals surface area contributed by atoms with Gasteiger partial charge in [0.05, 0.1) is 11.8 Å². The van der Waals surface area contributed by atoms with Crippen LogP contribution in [-0.4, -0.2) is 44.8 Å². The summed E-state index contributed by atoms with van der Waals surface area (Å²) in [5.41, 5.74) is 2.50. The highest BCUT2D eigenvalue weighted by molar-refractivity contribution is 5.98. The number of carbonyl (C=O) groups excluding carboxylic acids is 1. The highest BCUT2D eigenvalue weighted by atomic mass is 16.5. The molecule has 3 heterocycles. The van der Waals surface area contributed by atoms with Crippen molar-refractivity contribution in [2.75, 3.05) is 13.1 Å². The topological polar surface area (TPSA) is 71.5 Å². The molecule has 1 fully saturated rings. The first kappa shape index (κ1) is 15.9. The highest BCUT2D eigenvalue weighted by Gasteiger charge is 2.36. The van der Waals surface area contributed by atoms with Crippen LogP contribution in [0, 0.1) is 12.8 Å². The van der Waals surface area contributed by atoms with E-state index < -0.39 is 6.10 Å². The third kappa shape index (κ3) is 2.82. The Labute approximate surface area is 145 Å². The van der Waals surface area contributed by atoms with E-state index in [4.69, 9.17) is 4.52 Å². The fourth-order valence-electron chi connectivity index (χ4n) is 3.65. The van der Waals surface area contributed by atoms with Gasteiger partial charge in [0, 0.05) is 49.4 Å². The SMILES string of the molecule is Cc1cc(CC2CN(C(=O)c3cc4ccccc4n3C)CC2O)on1. The summed E-state index contributed by atoms with van der Waals surface area (Å²) in [6, 6.07) is 11.7. The molecular formula is C19H21N3O3. The summed E-state index contributed by atoms with van der Waals surface area (Å²) in [4.78, 5) is 14.7. The third-order valence-corrected chi connectivity index (χ3v) is 5.00. The molecule has 25 heavy (non-hydrogen) atoms. The molecule has 1 N–H and O–H groups in total. The zero-order valence-electron chi connectivity index (χ0n) is 14.3. The van der Waals surface area contributed by atoms with Crippen LogP contribution in [-0.2, 0) is 13.5 Å². The van der Waals surface area contributed by atoms with Crippen LogP contribution in [0.4, 0.5) is 0 Å². The quantitative estimate of drug-likeness (QED) is 0.794. The van der Waals surface area contributed by atoms with Crippen molar-refractivity contribution in [1.82, 2.24) is 14.6 Å². The second kappa shape index (κ2) is 6.04. The lowest BCUT2D eigenvalue weighted by atomic mass is 10.0. The van der Waals surface area contributed by atoms with Crippen LogP contribution in [0.25, 0.3) is 10.9 Å². The van der Waals surface area contributed by atoms with Gasteiger partial charge in [-0.05, 0) is 19.1 Å². The van der Waals surface area contributed by atoms with E-state index in [0.717, 1.165) is 22.4 Å². The molecule has 0 spiro atoms. The predicted octanol–water partition coefficient (Wildman–Crippen LogP) is 2.15. The monoisotopic (exact) mass is 339 g/mol. The molecule has 2 atom stereocenters. The van der Waals surface area contributed by atoms with Gasteiger partial charge in [0.25, 0.3) is 5.91 Å². The van der Waals surface area contributed by atoms with Crippen molar-refractivity contribution in [3.8, 4) is 0 Å². The average Bonchev–Trinajstić information content (AvgIpc) is 3.27. The molecule has 130 valence electrons. The maximum absolute atomic E-state index is 12.9. The first-order chi connectivity index (χ1) is 12.0. The fourth-order valence-corrected chi connectivity index (χ4v) is 3.65. The lowest BCUT2D eigenvalue weighted by Crippen LogP contribution is -2.31. The maximum atomic E-state index is 12.9. The summed E-state index contributed by atoms with van der Waals surface area (Å²) in [5, 5.41) is 15.3. The average molecular weight is 339 g/mol. The normalized spacial score (nSPS) is 20.5. The molecule has 6 heteroatoms. The zero-order chi connectivity index (χ0) is 17.6. The largest absolute Gasteiger partial charge is 0.391 e. The molecule has 4 rings (SSSR count). The molecule has 0 radical (unpaired) electrons. The number of rotatable bonds is 3. The Hall–Kier alpha value is -2.60. The van der Waals surface area contributed by atoms with Crippen LogP contribution in [0.1, 0.15) is 21.9 Å². The van der Waals surface area contributed by atoms with Crippen LogP contribution in [0.3, 0.4) is 0 Å². The molecule has 0 saturated carbocycles. The van der Waals surface area contributed by atoms with Crippen molar-refractivity contribution in [3.63, 3.8) is 0 Å². The molecule has 2 unspecified atom stereocenters. The van der Waals surface area contributed by atoms with Gasteiger partial charge in [-0.3, -0.25) is 4.79 Å². The van der Waals surface area contributed by atoms with Gasteiger partial charge in [-0.1, -0.05) is 23.4 Å². The van der Waals surface area contributed by atoms with Gasteiger partial charge >= 0.3 is 0 Å². The molecule has 3 aromatic rings. The number of likely N-dealkylation sites (tertiary alicyclic amines) is 1. The van der Waals surface area contributed by atoms with Gasteiger partial charge in [-0.2, -0.15) is 0 Å². The number of amides is 1. The molecule has 0 bridgehead atoms. The maximum Gasteiger partial charge on any atom is 0.270 e. The number of aliphatic hydroxyl groups is 1. The molecular weight excluding hydrogens is 318 g/mol. The van der Waals surface area contributed by atoms with Crippen molar-refractivity contribution in [2.45, 2.75) is 19.4 Å². The third-order valence-electron chi connectivity index (χ3n) is 5.00. The Morgan fingerprint density at radius 1 is 1.32 bits per heavy atom. The number of fused-ring (bicyclic) bond motifs is 1. The number of carbonyl (C=O) groups is 1. The number of benzene rings is 1. The van der Waals surface area contributed by atoms with Crippen LogP contribution >= 0.6 is 0 Å². The van der Waals surface area contributed by atoms with E-state index in [1.165, 1.54) is 0 Å². The number of para-hydroxylation sites is 1. The van der Waals surface area contributed by atoms with Gasteiger partial charge in [-0.15, -0.1) is 0 Å². The van der Waals surface area contributed by atoms with E-state index in [2.05, 4.69) is 5.16 Å². The van der Waals surface area contributed by atoms with E-state index in [9.17, 15) is 9.90 Å². The standard InChI is InChI=1S/C19H21N3O3/c1-12-7-15(25-20-12)8-14-10-22(11-18(14)23)19(24)17-9-13-5-3-4-6-16(13)21(17)2/h3-7,9,14,18,23H,8,10-11H2,1-2H3. The summed E-state index contributed by atoms with van der Waals surface area (Å²) >= 11 is 0. The van der Waals surface area contributed by atoms with Crippen LogP contribution < -0.4 is 0 Å². The number of nitrogens with zero attached hydrogens (tertiary/aromatic N) is 3.